The molecule has 1 aromatic carbocycles. The Balaban J connectivity index is 1.87. The summed E-state index contributed by atoms with van der Waals surface area (Å²) < 4.78 is 0. The van der Waals surface area contributed by atoms with Crippen LogP contribution < -0.4 is 5.73 Å². The molecule has 1 fully saturated rings. The van der Waals surface area contributed by atoms with Crippen molar-refractivity contribution < 1.29 is 9.59 Å². The number of primary amides is 1. The first kappa shape index (κ1) is 14.9. The monoisotopic (exact) mass is 292 g/mol. The van der Waals surface area contributed by atoms with Crippen molar-refractivity contribution in [2.45, 2.75) is 29.9 Å². The fraction of sp³-hybridized carbons (Fsp3) is 0.467. The summed E-state index contributed by atoms with van der Waals surface area (Å²) in [5.74, 6) is -0.179. The summed E-state index contributed by atoms with van der Waals surface area (Å²) in [5.41, 5.74) is 5.30. The molecule has 4 nitrogen and oxygen atoms in total. The second-order valence-electron chi connectivity index (χ2n) is 5.08. The van der Waals surface area contributed by atoms with E-state index < -0.39 is 0 Å². The van der Waals surface area contributed by atoms with Gasteiger partial charge in [0.05, 0.1) is 5.25 Å². The largest absolute Gasteiger partial charge is 0.369 e. The second kappa shape index (κ2) is 6.79. The second-order valence-corrected chi connectivity index (χ2v) is 6.49. The van der Waals surface area contributed by atoms with Gasteiger partial charge < -0.3 is 10.6 Å². The Hall–Kier alpha value is -1.49. The highest BCUT2D eigenvalue weighted by atomic mass is 32.2. The van der Waals surface area contributed by atoms with Gasteiger partial charge in [-0.05, 0) is 31.9 Å². The number of carbonyl (C=O) groups is 2. The van der Waals surface area contributed by atoms with E-state index in [-0.39, 0.29) is 23.0 Å². The van der Waals surface area contributed by atoms with Crippen molar-refractivity contribution in [2.24, 2.45) is 11.7 Å². The minimum Gasteiger partial charge on any atom is -0.369 e. The number of hydrogen-bond donors (Lipinski definition) is 1. The average Bonchev–Trinajstić information content (AvgIpc) is 2.47. The number of nitrogens with two attached hydrogens (primary N) is 1. The lowest BCUT2D eigenvalue weighted by molar-refractivity contribution is -0.134. The van der Waals surface area contributed by atoms with Crippen LogP contribution in [0.1, 0.15) is 19.8 Å². The van der Waals surface area contributed by atoms with Crippen molar-refractivity contribution in [2.75, 3.05) is 13.1 Å². The number of piperidine rings is 1. The molecule has 0 aliphatic carbocycles. The minimum atomic E-state index is -0.246. The summed E-state index contributed by atoms with van der Waals surface area (Å²) in [6.45, 7) is 3.19. The van der Waals surface area contributed by atoms with Crippen molar-refractivity contribution in [3.8, 4) is 0 Å². The quantitative estimate of drug-likeness (QED) is 0.862. The van der Waals surface area contributed by atoms with Crippen LogP contribution >= 0.6 is 11.8 Å². The number of benzene rings is 1. The summed E-state index contributed by atoms with van der Waals surface area (Å²) in [4.78, 5) is 26.4. The first-order valence-electron chi connectivity index (χ1n) is 6.87. The standard InChI is InChI=1S/C15H20N2O2S/c1-11(20-13-5-3-2-4-6-13)15(19)17-9-7-12(8-10-17)14(16)18/h2-6,11-12H,7-10H2,1H3,(H2,16,18). The molecule has 1 unspecified atom stereocenters. The Bertz CT molecular complexity index is 470. The fourth-order valence-corrected chi connectivity index (χ4v) is 3.37. The molecule has 0 aromatic heterocycles. The van der Waals surface area contributed by atoms with Gasteiger partial charge >= 0.3 is 0 Å². The van der Waals surface area contributed by atoms with Crippen LogP contribution in [0.5, 0.6) is 0 Å². The van der Waals surface area contributed by atoms with Crippen LogP contribution in [-0.4, -0.2) is 35.1 Å². The zero-order valence-corrected chi connectivity index (χ0v) is 12.4. The molecule has 0 bridgehead atoms. The van der Waals surface area contributed by atoms with Crippen molar-refractivity contribution in [1.82, 2.24) is 4.90 Å². The van der Waals surface area contributed by atoms with Crippen molar-refractivity contribution in [3.63, 3.8) is 0 Å². The summed E-state index contributed by atoms with van der Waals surface area (Å²) >= 11 is 1.57. The van der Waals surface area contributed by atoms with Crippen LogP contribution in [0.4, 0.5) is 0 Å². The molecule has 1 aliphatic heterocycles. The molecular formula is C15H20N2O2S. The fourth-order valence-electron chi connectivity index (χ4n) is 2.40. The maximum atomic E-state index is 12.4. The van der Waals surface area contributed by atoms with Gasteiger partial charge in [-0.15, -0.1) is 11.8 Å². The molecule has 1 heterocycles. The molecule has 0 saturated carbocycles. The number of rotatable bonds is 4. The topological polar surface area (TPSA) is 63.4 Å². The first-order valence-corrected chi connectivity index (χ1v) is 7.75. The molecule has 0 radical (unpaired) electrons. The van der Waals surface area contributed by atoms with Gasteiger partial charge in [0.2, 0.25) is 11.8 Å². The molecule has 2 N–H and O–H groups in total. The SMILES string of the molecule is CC(Sc1ccccc1)C(=O)N1CCC(C(N)=O)CC1. The van der Waals surface area contributed by atoms with Gasteiger partial charge in [0, 0.05) is 23.9 Å². The van der Waals surface area contributed by atoms with Crippen LogP contribution in [-0.2, 0) is 9.59 Å². The number of amides is 2. The molecule has 1 saturated heterocycles. The highest BCUT2D eigenvalue weighted by Crippen LogP contribution is 2.26. The number of carbonyl (C=O) groups excluding carboxylic acids is 2. The zero-order chi connectivity index (χ0) is 14.5. The Morgan fingerprint density at radius 1 is 1.25 bits per heavy atom. The van der Waals surface area contributed by atoms with Crippen LogP contribution in [0, 0.1) is 5.92 Å². The van der Waals surface area contributed by atoms with Crippen LogP contribution in [0.2, 0.25) is 0 Å². The van der Waals surface area contributed by atoms with E-state index in [9.17, 15) is 9.59 Å². The van der Waals surface area contributed by atoms with E-state index in [1.165, 1.54) is 0 Å². The van der Waals surface area contributed by atoms with Gasteiger partial charge in [-0.2, -0.15) is 0 Å². The molecule has 1 atom stereocenters. The molecule has 20 heavy (non-hydrogen) atoms. The van der Waals surface area contributed by atoms with Crippen LogP contribution in [0.3, 0.4) is 0 Å². The molecular weight excluding hydrogens is 272 g/mol. The van der Waals surface area contributed by atoms with E-state index in [1.807, 2.05) is 42.2 Å². The van der Waals surface area contributed by atoms with Gasteiger partial charge in [-0.3, -0.25) is 9.59 Å². The van der Waals surface area contributed by atoms with E-state index in [0.29, 0.717) is 25.9 Å². The zero-order valence-electron chi connectivity index (χ0n) is 11.6. The third kappa shape index (κ3) is 3.76. The van der Waals surface area contributed by atoms with Crippen molar-refractivity contribution in [3.05, 3.63) is 30.3 Å². The van der Waals surface area contributed by atoms with E-state index in [2.05, 4.69) is 0 Å². The number of thioether (sulfide) groups is 1. The predicted molar refractivity (Wildman–Crippen MR) is 80.3 cm³/mol. The summed E-state index contributed by atoms with van der Waals surface area (Å²) in [5, 5.41) is -0.109. The number of hydrogen-bond acceptors (Lipinski definition) is 3. The van der Waals surface area contributed by atoms with Gasteiger partial charge in [0.1, 0.15) is 0 Å². The highest BCUT2D eigenvalue weighted by molar-refractivity contribution is 8.00. The number of likely N-dealkylation sites (tertiary alicyclic amines) is 1. The third-order valence-electron chi connectivity index (χ3n) is 3.61. The molecule has 1 aliphatic rings. The molecule has 108 valence electrons. The van der Waals surface area contributed by atoms with Gasteiger partial charge in [-0.1, -0.05) is 18.2 Å². The Morgan fingerprint density at radius 3 is 2.40 bits per heavy atom. The Morgan fingerprint density at radius 2 is 1.85 bits per heavy atom. The molecule has 5 heteroatoms. The van der Waals surface area contributed by atoms with Crippen LogP contribution in [0.25, 0.3) is 0 Å². The first-order chi connectivity index (χ1) is 9.58. The average molecular weight is 292 g/mol. The lowest BCUT2D eigenvalue weighted by atomic mass is 9.96. The van der Waals surface area contributed by atoms with E-state index in [1.54, 1.807) is 11.8 Å². The number of nitrogens with zero attached hydrogens (tertiary/aromatic N) is 1. The van der Waals surface area contributed by atoms with Crippen LogP contribution in [0.15, 0.2) is 35.2 Å². The third-order valence-corrected chi connectivity index (χ3v) is 4.71. The molecule has 0 spiro atoms. The summed E-state index contributed by atoms with van der Waals surface area (Å²) in [6, 6.07) is 9.92. The predicted octanol–water partition coefficient (Wildman–Crippen LogP) is 1.89. The van der Waals surface area contributed by atoms with Crippen molar-refractivity contribution in [1.29, 1.82) is 0 Å². The lowest BCUT2D eigenvalue weighted by Crippen LogP contribution is -2.44. The van der Waals surface area contributed by atoms with Gasteiger partial charge in [0.25, 0.3) is 0 Å². The maximum Gasteiger partial charge on any atom is 0.235 e. The highest BCUT2D eigenvalue weighted by Gasteiger charge is 2.28. The van der Waals surface area contributed by atoms with E-state index in [0.717, 1.165) is 4.90 Å². The van der Waals surface area contributed by atoms with Gasteiger partial charge in [-0.25, -0.2) is 0 Å². The summed E-state index contributed by atoms with van der Waals surface area (Å²) in [7, 11) is 0. The van der Waals surface area contributed by atoms with E-state index >= 15 is 0 Å². The Labute approximate surface area is 123 Å². The Kier molecular flexibility index (Phi) is 5.06. The van der Waals surface area contributed by atoms with Gasteiger partial charge in [0.15, 0.2) is 0 Å². The minimum absolute atomic E-state index is 0.0730. The lowest BCUT2D eigenvalue weighted by Gasteiger charge is -2.32. The smallest absolute Gasteiger partial charge is 0.235 e. The molecule has 2 amide bonds. The maximum absolute atomic E-state index is 12.4. The van der Waals surface area contributed by atoms with E-state index in [4.69, 9.17) is 5.73 Å². The van der Waals surface area contributed by atoms with Crippen molar-refractivity contribution >= 4 is 23.6 Å². The normalized spacial score (nSPS) is 17.8. The summed E-state index contributed by atoms with van der Waals surface area (Å²) in [6.07, 6.45) is 1.37. The molecule has 1 aromatic rings. The molecule has 2 rings (SSSR count).